The molecule has 0 saturated carbocycles. The summed E-state index contributed by atoms with van der Waals surface area (Å²) in [4.78, 5) is 11.2. The van der Waals surface area contributed by atoms with E-state index in [0.717, 1.165) is 0 Å². The van der Waals surface area contributed by atoms with Gasteiger partial charge < -0.3 is 14.3 Å². The number of hydrogen-bond acceptors (Lipinski definition) is 4. The Morgan fingerprint density at radius 1 is 1.69 bits per heavy atom. The Morgan fingerprint density at radius 3 is 2.85 bits per heavy atom. The fraction of sp³-hybridized carbons (Fsp3) is 0.444. The Morgan fingerprint density at radius 2 is 2.38 bits per heavy atom. The third kappa shape index (κ3) is 2.50. The van der Waals surface area contributed by atoms with Gasteiger partial charge >= 0.3 is 5.97 Å². The molecule has 1 aromatic rings. The zero-order chi connectivity index (χ0) is 9.84. The number of hydrogen-bond donors (Lipinski definition) is 1. The highest BCUT2D eigenvalue weighted by atomic mass is 16.5. The molecular formula is C9H12O4. The molecule has 1 aromatic heterocycles. The van der Waals surface area contributed by atoms with Crippen LogP contribution in [0.4, 0.5) is 0 Å². The van der Waals surface area contributed by atoms with Gasteiger partial charge in [0.2, 0.25) is 0 Å². The summed E-state index contributed by atoms with van der Waals surface area (Å²) in [6.07, 6.45) is 1.24. The Bertz CT molecular complexity index is 288. The average molecular weight is 184 g/mol. The predicted molar refractivity (Wildman–Crippen MR) is 45.5 cm³/mol. The molecule has 0 aliphatic carbocycles. The normalized spacial score (nSPS) is 10.4. The zero-order valence-electron chi connectivity index (χ0n) is 7.61. The maximum absolute atomic E-state index is 11.2. The second kappa shape index (κ2) is 3.98. The van der Waals surface area contributed by atoms with Gasteiger partial charge in [-0.3, -0.25) is 0 Å². The first-order valence-electron chi connectivity index (χ1n) is 4.05. The first-order valence-corrected chi connectivity index (χ1v) is 4.05. The van der Waals surface area contributed by atoms with Crippen molar-refractivity contribution in [2.45, 2.75) is 13.8 Å². The van der Waals surface area contributed by atoms with Crippen LogP contribution in [0.1, 0.15) is 24.2 Å². The molecule has 4 nitrogen and oxygen atoms in total. The third-order valence-corrected chi connectivity index (χ3v) is 1.41. The van der Waals surface area contributed by atoms with Gasteiger partial charge in [-0.05, 0) is 12.0 Å². The van der Waals surface area contributed by atoms with Gasteiger partial charge in [0.05, 0.1) is 12.9 Å². The van der Waals surface area contributed by atoms with Gasteiger partial charge in [0.25, 0.3) is 5.95 Å². The van der Waals surface area contributed by atoms with Crippen molar-refractivity contribution in [3.05, 3.63) is 17.9 Å². The Labute approximate surface area is 76.1 Å². The van der Waals surface area contributed by atoms with E-state index in [4.69, 9.17) is 9.84 Å². The van der Waals surface area contributed by atoms with Crippen LogP contribution < -0.4 is 0 Å². The third-order valence-electron chi connectivity index (χ3n) is 1.41. The fourth-order valence-electron chi connectivity index (χ4n) is 0.777. The molecule has 0 unspecified atom stereocenters. The summed E-state index contributed by atoms with van der Waals surface area (Å²) in [5.41, 5.74) is 0.0700. The zero-order valence-corrected chi connectivity index (χ0v) is 7.61. The Balaban J connectivity index is 2.54. The lowest BCUT2D eigenvalue weighted by atomic mass is 10.2. The Hall–Kier alpha value is -1.45. The summed E-state index contributed by atoms with van der Waals surface area (Å²) in [6.45, 7) is 4.20. The summed E-state index contributed by atoms with van der Waals surface area (Å²) in [5, 5.41) is 9.02. The van der Waals surface area contributed by atoms with Crippen LogP contribution in [0.15, 0.2) is 16.7 Å². The quantitative estimate of drug-likeness (QED) is 0.727. The number of aromatic hydroxyl groups is 1. The van der Waals surface area contributed by atoms with Gasteiger partial charge in [-0.2, -0.15) is 0 Å². The smallest absolute Gasteiger partial charge is 0.345 e. The van der Waals surface area contributed by atoms with E-state index in [-0.39, 0.29) is 11.5 Å². The number of furan rings is 1. The molecular weight excluding hydrogens is 172 g/mol. The van der Waals surface area contributed by atoms with E-state index in [1.807, 2.05) is 13.8 Å². The van der Waals surface area contributed by atoms with Crippen LogP contribution in [0.3, 0.4) is 0 Å². The van der Waals surface area contributed by atoms with Crippen LogP contribution in [0.5, 0.6) is 5.95 Å². The monoisotopic (exact) mass is 184 g/mol. The molecule has 0 saturated heterocycles. The number of esters is 1. The van der Waals surface area contributed by atoms with E-state index >= 15 is 0 Å². The molecule has 0 aliphatic heterocycles. The van der Waals surface area contributed by atoms with Gasteiger partial charge in [0.15, 0.2) is 0 Å². The summed E-state index contributed by atoms with van der Waals surface area (Å²) >= 11 is 0. The van der Waals surface area contributed by atoms with Crippen molar-refractivity contribution < 1.29 is 19.1 Å². The number of ether oxygens (including phenoxy) is 1. The van der Waals surface area contributed by atoms with E-state index in [2.05, 4.69) is 4.42 Å². The molecule has 0 amide bonds. The van der Waals surface area contributed by atoms with Crippen LogP contribution in [-0.4, -0.2) is 17.7 Å². The van der Waals surface area contributed by atoms with E-state index < -0.39 is 11.9 Å². The highest BCUT2D eigenvalue weighted by Crippen LogP contribution is 2.18. The SMILES string of the molecule is CC(C)COC(=O)c1ccoc1O. The largest absolute Gasteiger partial charge is 0.480 e. The van der Waals surface area contributed by atoms with Crippen LogP contribution in [0.2, 0.25) is 0 Å². The van der Waals surface area contributed by atoms with Crippen molar-refractivity contribution in [1.29, 1.82) is 0 Å². The average Bonchev–Trinajstić information content (AvgIpc) is 2.47. The molecule has 0 aromatic carbocycles. The lowest BCUT2D eigenvalue weighted by Crippen LogP contribution is -2.09. The molecule has 72 valence electrons. The first kappa shape index (κ1) is 9.64. The van der Waals surface area contributed by atoms with Crippen molar-refractivity contribution in [3.63, 3.8) is 0 Å². The van der Waals surface area contributed by atoms with Crippen LogP contribution in [-0.2, 0) is 4.74 Å². The lowest BCUT2D eigenvalue weighted by molar-refractivity contribution is 0.0453. The molecule has 0 fully saturated rings. The lowest BCUT2D eigenvalue weighted by Gasteiger charge is -2.05. The predicted octanol–water partition coefficient (Wildman–Crippen LogP) is 1.80. The van der Waals surface area contributed by atoms with E-state index in [9.17, 15) is 4.79 Å². The second-order valence-corrected chi connectivity index (χ2v) is 3.13. The van der Waals surface area contributed by atoms with Crippen molar-refractivity contribution >= 4 is 5.97 Å². The molecule has 1 rings (SSSR count). The molecule has 13 heavy (non-hydrogen) atoms. The number of rotatable bonds is 3. The van der Waals surface area contributed by atoms with Gasteiger partial charge in [0.1, 0.15) is 5.56 Å². The molecule has 0 radical (unpaired) electrons. The van der Waals surface area contributed by atoms with E-state index in [0.29, 0.717) is 6.61 Å². The fourth-order valence-corrected chi connectivity index (χ4v) is 0.777. The molecule has 0 bridgehead atoms. The molecule has 0 aliphatic rings. The van der Waals surface area contributed by atoms with E-state index in [1.165, 1.54) is 12.3 Å². The van der Waals surface area contributed by atoms with Crippen molar-refractivity contribution in [2.75, 3.05) is 6.61 Å². The second-order valence-electron chi connectivity index (χ2n) is 3.13. The van der Waals surface area contributed by atoms with Gasteiger partial charge in [-0.15, -0.1) is 0 Å². The molecule has 1 heterocycles. The van der Waals surface area contributed by atoms with Crippen molar-refractivity contribution in [2.24, 2.45) is 5.92 Å². The summed E-state index contributed by atoms with van der Waals surface area (Å²) in [7, 11) is 0. The number of carbonyl (C=O) groups excluding carboxylic acids is 1. The number of carbonyl (C=O) groups is 1. The highest BCUT2D eigenvalue weighted by molar-refractivity contribution is 5.91. The summed E-state index contributed by atoms with van der Waals surface area (Å²) in [5.74, 6) is -0.674. The highest BCUT2D eigenvalue weighted by Gasteiger charge is 2.15. The maximum atomic E-state index is 11.2. The summed E-state index contributed by atoms with van der Waals surface area (Å²) < 4.78 is 9.42. The summed E-state index contributed by atoms with van der Waals surface area (Å²) in [6, 6.07) is 1.37. The minimum Gasteiger partial charge on any atom is -0.480 e. The maximum Gasteiger partial charge on any atom is 0.345 e. The van der Waals surface area contributed by atoms with Crippen LogP contribution in [0.25, 0.3) is 0 Å². The van der Waals surface area contributed by atoms with Crippen LogP contribution >= 0.6 is 0 Å². The van der Waals surface area contributed by atoms with Crippen molar-refractivity contribution in [1.82, 2.24) is 0 Å². The molecule has 0 spiro atoms. The minimum absolute atomic E-state index is 0.0700. The topological polar surface area (TPSA) is 59.7 Å². The van der Waals surface area contributed by atoms with Gasteiger partial charge in [-0.1, -0.05) is 13.8 Å². The Kier molecular flexibility index (Phi) is 2.95. The molecule has 4 heteroatoms. The standard InChI is InChI=1S/C9H12O4/c1-6(2)5-13-9(11)7-3-4-12-8(7)10/h3-4,6,10H,5H2,1-2H3. The van der Waals surface area contributed by atoms with Gasteiger partial charge in [-0.25, -0.2) is 4.79 Å². The molecule has 0 atom stereocenters. The van der Waals surface area contributed by atoms with Crippen molar-refractivity contribution in [3.8, 4) is 5.95 Å². The van der Waals surface area contributed by atoms with Crippen LogP contribution in [0, 0.1) is 5.92 Å². The first-order chi connectivity index (χ1) is 6.11. The minimum atomic E-state index is -0.556. The molecule has 1 N–H and O–H groups in total. The van der Waals surface area contributed by atoms with Gasteiger partial charge in [0, 0.05) is 0 Å². The van der Waals surface area contributed by atoms with E-state index in [1.54, 1.807) is 0 Å².